The molecule has 1 nitrogen and oxygen atoms in total. The first kappa shape index (κ1) is 15.4. The van der Waals surface area contributed by atoms with E-state index in [-0.39, 0.29) is 0 Å². The summed E-state index contributed by atoms with van der Waals surface area (Å²) in [6.07, 6.45) is 0. The van der Waals surface area contributed by atoms with Gasteiger partial charge in [-0.2, -0.15) is 0 Å². The Labute approximate surface area is 161 Å². The Morgan fingerprint density at radius 2 is 1.37 bits per heavy atom. The third-order valence-corrected chi connectivity index (χ3v) is 9.85. The summed E-state index contributed by atoms with van der Waals surface area (Å²) in [7, 11) is -2.84. The predicted octanol–water partition coefficient (Wildman–Crippen LogP) is 5.67. The van der Waals surface area contributed by atoms with Crippen molar-refractivity contribution in [2.45, 2.75) is 0 Å². The average Bonchev–Trinajstić information content (AvgIpc) is 3.23. The molecule has 1 aromatic heterocycles. The zero-order valence-corrected chi connectivity index (χ0v) is 16.1. The molecule has 1 aliphatic heterocycles. The minimum atomic E-state index is -2.84. The monoisotopic (exact) mass is 382 g/mol. The van der Waals surface area contributed by atoms with Crippen LogP contribution in [0.4, 0.5) is 0 Å². The van der Waals surface area contributed by atoms with Crippen LogP contribution in [-0.4, -0.2) is 0 Å². The molecule has 1 unspecified atom stereocenters. The lowest BCUT2D eigenvalue weighted by Crippen LogP contribution is -2.20. The Hall–Kier alpha value is -2.67. The van der Waals surface area contributed by atoms with E-state index in [1.54, 1.807) is 11.3 Å². The molecule has 3 heteroatoms. The fourth-order valence-corrected chi connectivity index (χ4v) is 8.71. The molecular weight excluding hydrogens is 367 g/mol. The minimum Gasteiger partial charge on any atom is -0.309 e. The predicted molar refractivity (Wildman–Crippen MR) is 118 cm³/mol. The molecule has 27 heavy (non-hydrogen) atoms. The van der Waals surface area contributed by atoms with Crippen molar-refractivity contribution >= 4 is 54.6 Å². The average molecular weight is 382 g/mol. The van der Waals surface area contributed by atoms with E-state index in [2.05, 4.69) is 48.5 Å². The van der Waals surface area contributed by atoms with Crippen LogP contribution in [-0.2, 0) is 4.57 Å². The molecule has 0 saturated heterocycles. The third kappa shape index (κ3) is 1.92. The number of hydrogen-bond acceptors (Lipinski definition) is 2. The second kappa shape index (κ2) is 5.42. The maximum atomic E-state index is 14.5. The largest absolute Gasteiger partial charge is 0.309 e. The van der Waals surface area contributed by atoms with Gasteiger partial charge >= 0.3 is 0 Å². The minimum absolute atomic E-state index is 0.914. The van der Waals surface area contributed by atoms with Gasteiger partial charge in [0.2, 0.25) is 0 Å². The first-order valence-corrected chi connectivity index (χ1v) is 11.5. The second-order valence-electron chi connectivity index (χ2n) is 6.90. The van der Waals surface area contributed by atoms with Crippen molar-refractivity contribution in [2.75, 3.05) is 0 Å². The fourth-order valence-electron chi connectivity index (χ4n) is 4.31. The Balaban J connectivity index is 1.81. The molecule has 4 aromatic carbocycles. The van der Waals surface area contributed by atoms with Gasteiger partial charge < -0.3 is 4.57 Å². The van der Waals surface area contributed by atoms with Gasteiger partial charge in [0.25, 0.3) is 0 Å². The smallest absolute Gasteiger partial charge is 0.172 e. The third-order valence-electron chi connectivity index (χ3n) is 5.50. The quantitative estimate of drug-likeness (QED) is 0.335. The number of rotatable bonds is 1. The van der Waals surface area contributed by atoms with E-state index >= 15 is 0 Å². The highest BCUT2D eigenvalue weighted by Crippen LogP contribution is 2.55. The summed E-state index contributed by atoms with van der Waals surface area (Å²) in [6.45, 7) is 0. The van der Waals surface area contributed by atoms with Crippen LogP contribution >= 0.6 is 18.5 Å². The molecule has 5 aromatic rings. The van der Waals surface area contributed by atoms with Crippen molar-refractivity contribution < 1.29 is 4.57 Å². The first-order valence-electron chi connectivity index (χ1n) is 8.99. The fraction of sp³-hybridized carbons (Fsp3) is 0. The maximum Gasteiger partial charge on any atom is 0.172 e. The molecule has 0 saturated carbocycles. The number of thiophene rings is 1. The molecule has 0 radical (unpaired) electrons. The van der Waals surface area contributed by atoms with Crippen molar-refractivity contribution in [2.24, 2.45) is 0 Å². The summed E-state index contributed by atoms with van der Waals surface area (Å²) in [5.41, 5.74) is 2.29. The zero-order chi connectivity index (χ0) is 18.0. The van der Waals surface area contributed by atoms with Gasteiger partial charge in [0.15, 0.2) is 7.14 Å². The van der Waals surface area contributed by atoms with Crippen LogP contribution in [0.15, 0.2) is 91.0 Å². The Morgan fingerprint density at radius 3 is 2.26 bits per heavy atom. The van der Waals surface area contributed by atoms with E-state index in [1.165, 1.54) is 20.2 Å². The lowest BCUT2D eigenvalue weighted by Gasteiger charge is -2.15. The Kier molecular flexibility index (Phi) is 3.09. The topological polar surface area (TPSA) is 17.1 Å². The molecular formula is C24H15OPS. The lowest BCUT2D eigenvalue weighted by atomic mass is 10.0. The maximum absolute atomic E-state index is 14.5. The van der Waals surface area contributed by atoms with E-state index in [0.717, 1.165) is 27.0 Å². The molecule has 1 atom stereocenters. The summed E-state index contributed by atoms with van der Waals surface area (Å²) in [5.74, 6) is 0. The van der Waals surface area contributed by atoms with E-state index in [4.69, 9.17) is 0 Å². The van der Waals surface area contributed by atoms with Gasteiger partial charge in [0.1, 0.15) is 0 Å². The molecule has 1 aliphatic rings. The number of fused-ring (bicyclic) bond motifs is 7. The van der Waals surface area contributed by atoms with Gasteiger partial charge in [-0.1, -0.05) is 78.9 Å². The molecule has 128 valence electrons. The highest BCUT2D eigenvalue weighted by atomic mass is 32.1. The van der Waals surface area contributed by atoms with Gasteiger partial charge in [-0.05, 0) is 17.7 Å². The van der Waals surface area contributed by atoms with Crippen LogP contribution in [0.3, 0.4) is 0 Å². The molecule has 6 rings (SSSR count). The summed E-state index contributed by atoms with van der Waals surface area (Å²) in [4.78, 5) is 0. The lowest BCUT2D eigenvalue weighted by molar-refractivity contribution is 0.593. The molecule has 0 aliphatic carbocycles. The molecule has 0 amide bonds. The van der Waals surface area contributed by atoms with Crippen molar-refractivity contribution in [3.05, 3.63) is 91.0 Å². The van der Waals surface area contributed by atoms with Gasteiger partial charge in [-0.25, -0.2) is 0 Å². The van der Waals surface area contributed by atoms with Crippen LogP contribution in [0, 0.1) is 0 Å². The van der Waals surface area contributed by atoms with E-state index in [9.17, 15) is 4.57 Å². The Bertz CT molecular complexity index is 1400. The van der Waals surface area contributed by atoms with Crippen LogP contribution in [0.1, 0.15) is 0 Å². The zero-order valence-electron chi connectivity index (χ0n) is 14.4. The van der Waals surface area contributed by atoms with Crippen molar-refractivity contribution in [3.63, 3.8) is 0 Å². The van der Waals surface area contributed by atoms with Gasteiger partial charge in [0, 0.05) is 41.6 Å². The van der Waals surface area contributed by atoms with Crippen molar-refractivity contribution in [1.82, 2.24) is 0 Å². The molecule has 0 N–H and O–H groups in total. The molecule has 2 heterocycles. The van der Waals surface area contributed by atoms with Gasteiger partial charge in [-0.3, -0.25) is 0 Å². The number of hydrogen-bond donors (Lipinski definition) is 0. The molecule has 0 bridgehead atoms. The second-order valence-corrected chi connectivity index (χ2v) is 10.6. The first-order chi connectivity index (χ1) is 13.3. The van der Waals surface area contributed by atoms with Crippen LogP contribution in [0.5, 0.6) is 0 Å². The van der Waals surface area contributed by atoms with Gasteiger partial charge in [0.05, 0.1) is 0 Å². The molecule has 0 spiro atoms. The standard InChI is InChI=1S/C24H15OPS/c25-26(16-8-2-1-3-9-16)20-12-6-4-11-19(20)23-21(26)15-14-18-17-10-5-7-13-22(17)27-24(18)23/h1-15H. The molecule has 0 fully saturated rings. The van der Waals surface area contributed by atoms with Crippen LogP contribution < -0.4 is 15.9 Å². The highest BCUT2D eigenvalue weighted by molar-refractivity contribution is 7.86. The summed E-state index contributed by atoms with van der Waals surface area (Å²) >= 11 is 1.81. The van der Waals surface area contributed by atoms with E-state index in [0.29, 0.717) is 0 Å². The van der Waals surface area contributed by atoms with Crippen LogP contribution in [0.2, 0.25) is 0 Å². The summed E-state index contributed by atoms with van der Waals surface area (Å²) < 4.78 is 17.0. The van der Waals surface area contributed by atoms with E-state index < -0.39 is 7.14 Å². The number of benzene rings is 4. The highest BCUT2D eigenvalue weighted by Gasteiger charge is 2.41. The van der Waals surface area contributed by atoms with E-state index in [1.807, 2.05) is 42.5 Å². The normalized spacial score (nSPS) is 17.9. The SMILES string of the molecule is O=P1(c2ccccc2)c2ccccc2-c2c1ccc1c2sc2ccccc21. The van der Waals surface area contributed by atoms with Crippen molar-refractivity contribution in [3.8, 4) is 11.1 Å². The Morgan fingerprint density at radius 1 is 0.630 bits per heavy atom. The van der Waals surface area contributed by atoms with Crippen LogP contribution in [0.25, 0.3) is 31.3 Å². The summed E-state index contributed by atoms with van der Waals surface area (Å²) in [5, 5.41) is 5.40. The van der Waals surface area contributed by atoms with Gasteiger partial charge in [-0.15, -0.1) is 11.3 Å². The van der Waals surface area contributed by atoms with Crippen molar-refractivity contribution in [1.29, 1.82) is 0 Å². The summed E-state index contributed by atoms with van der Waals surface area (Å²) in [6, 6.07) is 31.0.